The zero-order valence-corrected chi connectivity index (χ0v) is 20.9. The minimum Gasteiger partial charge on any atom is -0.497 e. The molecule has 1 N–H and O–H groups in total. The van der Waals surface area contributed by atoms with Crippen LogP contribution in [-0.2, 0) is 20.9 Å². The van der Waals surface area contributed by atoms with E-state index in [1.165, 1.54) is 0 Å². The van der Waals surface area contributed by atoms with E-state index in [2.05, 4.69) is 16.3 Å². The van der Waals surface area contributed by atoms with E-state index in [-0.39, 0.29) is 24.5 Å². The van der Waals surface area contributed by atoms with E-state index in [1.54, 1.807) is 14.2 Å². The van der Waals surface area contributed by atoms with E-state index < -0.39 is 5.09 Å². The van der Waals surface area contributed by atoms with Gasteiger partial charge in [-0.25, -0.2) is 0 Å². The molecule has 2 aromatic rings. The molecule has 1 fully saturated rings. The van der Waals surface area contributed by atoms with E-state index in [1.807, 2.05) is 36.4 Å². The molecule has 10 nitrogen and oxygen atoms in total. The molecule has 2 aromatic carbocycles. The smallest absolute Gasteiger partial charge is 0.294 e. The highest BCUT2D eigenvalue weighted by molar-refractivity contribution is 5.61. The molecule has 0 aliphatic carbocycles. The predicted molar refractivity (Wildman–Crippen MR) is 134 cm³/mol. The summed E-state index contributed by atoms with van der Waals surface area (Å²) in [6.07, 6.45) is 0.763. The highest BCUT2D eigenvalue weighted by Gasteiger charge is 2.36. The molecular weight excluding hydrogens is 466 g/mol. The average Bonchev–Trinajstić information content (AvgIpc) is 2.91. The number of fused-ring (bicyclic) bond motifs is 1. The number of methoxy groups -OCH3 is 2. The first-order chi connectivity index (χ1) is 17.6. The van der Waals surface area contributed by atoms with Crippen LogP contribution in [0, 0.1) is 16.0 Å². The first-order valence-electron chi connectivity index (χ1n) is 12.3. The lowest BCUT2D eigenvalue weighted by atomic mass is 9.79. The van der Waals surface area contributed by atoms with E-state index in [9.17, 15) is 10.1 Å². The molecule has 3 atom stereocenters. The monoisotopic (exact) mass is 501 g/mol. The van der Waals surface area contributed by atoms with Crippen LogP contribution in [0.1, 0.15) is 23.5 Å². The SMILES string of the molecule is COCCCN1CCOc2ccc(CO[C@H]3CNC[C@@H](CO[N+](=O)[O-])[C@@H]3c3ccc(OC)cc3)cc21. The van der Waals surface area contributed by atoms with E-state index in [0.29, 0.717) is 26.3 Å². The summed E-state index contributed by atoms with van der Waals surface area (Å²) in [7, 11) is 3.34. The molecule has 0 unspecified atom stereocenters. The summed E-state index contributed by atoms with van der Waals surface area (Å²) in [5.41, 5.74) is 3.17. The second-order valence-corrected chi connectivity index (χ2v) is 9.07. The van der Waals surface area contributed by atoms with E-state index in [0.717, 1.165) is 54.4 Å². The van der Waals surface area contributed by atoms with Crippen LogP contribution in [0.3, 0.4) is 0 Å². The minimum absolute atomic E-state index is 0.00315. The Morgan fingerprint density at radius 1 is 1.17 bits per heavy atom. The number of anilines is 1. The topological polar surface area (TPSA) is 105 Å². The average molecular weight is 502 g/mol. The van der Waals surface area contributed by atoms with Gasteiger partial charge in [0.1, 0.15) is 24.7 Å². The lowest BCUT2D eigenvalue weighted by molar-refractivity contribution is -0.759. The van der Waals surface area contributed by atoms with Gasteiger partial charge >= 0.3 is 0 Å². The van der Waals surface area contributed by atoms with Crippen LogP contribution < -0.4 is 19.7 Å². The molecule has 4 rings (SSSR count). The number of hydrogen-bond donors (Lipinski definition) is 1. The molecule has 0 aromatic heterocycles. The Balaban J connectivity index is 1.49. The fourth-order valence-electron chi connectivity index (χ4n) is 5.01. The maximum Gasteiger partial charge on any atom is 0.294 e. The van der Waals surface area contributed by atoms with Gasteiger partial charge in [-0.2, -0.15) is 0 Å². The fourth-order valence-corrected chi connectivity index (χ4v) is 5.01. The third-order valence-electron chi connectivity index (χ3n) is 6.78. The molecule has 0 spiro atoms. The van der Waals surface area contributed by atoms with Gasteiger partial charge < -0.3 is 34.0 Å². The van der Waals surface area contributed by atoms with Crippen molar-refractivity contribution in [3.63, 3.8) is 0 Å². The molecule has 196 valence electrons. The molecule has 0 amide bonds. The standard InChI is InChI=1S/C26H35N3O7/c1-32-12-3-10-28-11-13-34-24-9-4-19(14-23(24)28)17-35-25-16-27-15-21(18-36-29(30)31)26(25)20-5-7-22(33-2)8-6-20/h4-9,14,21,25-27H,3,10-13,15-18H2,1-2H3/t21-,25-,26-/m0/s1. The first kappa shape index (κ1) is 26.0. The van der Waals surface area contributed by atoms with Crippen LogP contribution in [0.15, 0.2) is 42.5 Å². The summed E-state index contributed by atoms with van der Waals surface area (Å²) >= 11 is 0. The Morgan fingerprint density at radius 3 is 2.75 bits per heavy atom. The molecule has 36 heavy (non-hydrogen) atoms. The van der Waals surface area contributed by atoms with Crippen molar-refractivity contribution in [1.29, 1.82) is 0 Å². The van der Waals surface area contributed by atoms with Crippen LogP contribution >= 0.6 is 0 Å². The summed E-state index contributed by atoms with van der Waals surface area (Å²) in [5.74, 6) is 1.46. The van der Waals surface area contributed by atoms with Crippen molar-refractivity contribution < 1.29 is 28.9 Å². The van der Waals surface area contributed by atoms with Gasteiger partial charge in [-0.3, -0.25) is 0 Å². The largest absolute Gasteiger partial charge is 0.497 e. The first-order valence-corrected chi connectivity index (χ1v) is 12.3. The quantitative estimate of drug-likeness (QED) is 0.267. The number of hydrogen-bond acceptors (Lipinski definition) is 9. The predicted octanol–water partition coefficient (Wildman–Crippen LogP) is 3.03. The van der Waals surface area contributed by atoms with Crippen molar-refractivity contribution in [2.45, 2.75) is 25.0 Å². The third kappa shape index (κ3) is 6.57. The lowest BCUT2D eigenvalue weighted by Gasteiger charge is -2.38. The van der Waals surface area contributed by atoms with Gasteiger partial charge in [0.05, 0.1) is 32.1 Å². The van der Waals surface area contributed by atoms with Crippen LogP contribution in [0.4, 0.5) is 5.69 Å². The van der Waals surface area contributed by atoms with Crippen molar-refractivity contribution in [1.82, 2.24) is 5.32 Å². The van der Waals surface area contributed by atoms with Crippen molar-refractivity contribution >= 4 is 5.69 Å². The number of nitrogens with one attached hydrogen (secondary N) is 1. The molecule has 10 heteroatoms. The maximum absolute atomic E-state index is 10.9. The van der Waals surface area contributed by atoms with Gasteiger partial charge in [-0.15, -0.1) is 10.1 Å². The second kappa shape index (κ2) is 12.8. The molecule has 0 radical (unpaired) electrons. The van der Waals surface area contributed by atoms with Gasteiger partial charge in [0.15, 0.2) is 0 Å². The third-order valence-corrected chi connectivity index (χ3v) is 6.78. The molecule has 2 aliphatic heterocycles. The maximum atomic E-state index is 10.9. The zero-order chi connectivity index (χ0) is 25.3. The molecule has 1 saturated heterocycles. The number of piperidine rings is 1. The number of benzene rings is 2. The van der Waals surface area contributed by atoms with Crippen molar-refractivity contribution in [3.8, 4) is 11.5 Å². The van der Waals surface area contributed by atoms with Gasteiger partial charge in [0.25, 0.3) is 5.09 Å². The highest BCUT2D eigenvalue weighted by atomic mass is 16.9. The Bertz CT molecular complexity index is 988. The molecule has 2 heterocycles. The van der Waals surface area contributed by atoms with E-state index >= 15 is 0 Å². The normalized spacial score (nSPS) is 21.4. The molecule has 0 bridgehead atoms. The van der Waals surface area contributed by atoms with Crippen molar-refractivity contribution in [2.75, 3.05) is 65.1 Å². The second-order valence-electron chi connectivity index (χ2n) is 9.07. The van der Waals surface area contributed by atoms with Crippen molar-refractivity contribution in [3.05, 3.63) is 63.7 Å². The van der Waals surface area contributed by atoms with Gasteiger partial charge in [-0.1, -0.05) is 18.2 Å². The van der Waals surface area contributed by atoms with Crippen LogP contribution in [0.2, 0.25) is 0 Å². The molecule has 2 aliphatic rings. The van der Waals surface area contributed by atoms with Crippen LogP contribution in [0.25, 0.3) is 0 Å². The number of rotatable bonds is 12. The molecular formula is C26H35N3O7. The lowest BCUT2D eigenvalue weighted by Crippen LogP contribution is -2.48. The Kier molecular flexibility index (Phi) is 9.21. The van der Waals surface area contributed by atoms with E-state index in [4.69, 9.17) is 23.8 Å². The Labute approximate surface area is 211 Å². The summed E-state index contributed by atoms with van der Waals surface area (Å²) in [6, 6.07) is 14.0. The fraction of sp³-hybridized carbons (Fsp3) is 0.538. The Morgan fingerprint density at radius 2 is 2.00 bits per heavy atom. The van der Waals surface area contributed by atoms with Gasteiger partial charge in [-0.05, 0) is 41.8 Å². The molecule has 0 saturated carbocycles. The van der Waals surface area contributed by atoms with Crippen LogP contribution in [0.5, 0.6) is 11.5 Å². The Hall–Kier alpha value is -3.08. The van der Waals surface area contributed by atoms with Crippen LogP contribution in [-0.4, -0.2) is 71.4 Å². The zero-order valence-electron chi connectivity index (χ0n) is 20.9. The summed E-state index contributed by atoms with van der Waals surface area (Å²) < 4.78 is 22.8. The summed E-state index contributed by atoms with van der Waals surface area (Å²) in [5, 5.41) is 13.5. The van der Waals surface area contributed by atoms with Gasteiger partial charge in [0.2, 0.25) is 0 Å². The highest BCUT2D eigenvalue weighted by Crippen LogP contribution is 2.36. The summed E-state index contributed by atoms with van der Waals surface area (Å²) in [6.45, 7) is 4.80. The summed E-state index contributed by atoms with van der Waals surface area (Å²) in [4.78, 5) is 18.0. The minimum atomic E-state index is -0.733. The van der Waals surface area contributed by atoms with Crippen molar-refractivity contribution in [2.24, 2.45) is 5.92 Å². The number of ether oxygens (including phenoxy) is 4. The number of nitrogens with zero attached hydrogens (tertiary/aromatic N) is 2. The van der Waals surface area contributed by atoms with Gasteiger partial charge in [0, 0.05) is 45.2 Å².